The van der Waals surface area contributed by atoms with Crippen LogP contribution in [0.1, 0.15) is 5.56 Å². The molecule has 1 amide bonds. The van der Waals surface area contributed by atoms with E-state index in [0.29, 0.717) is 24.6 Å². The molecule has 5 nitrogen and oxygen atoms in total. The number of halogens is 1. The monoisotopic (exact) mass is 386 g/mol. The highest BCUT2D eigenvalue weighted by Crippen LogP contribution is 2.29. The molecular weight excluding hydrogens is 364 g/mol. The van der Waals surface area contributed by atoms with Gasteiger partial charge in [0.25, 0.3) is 0 Å². The third-order valence-electron chi connectivity index (χ3n) is 4.62. The minimum absolute atomic E-state index is 0.0197. The number of amides is 1. The predicted octanol–water partition coefficient (Wildman–Crippen LogP) is 3.72. The van der Waals surface area contributed by atoms with Crippen LogP contribution in [-0.2, 0) is 4.79 Å². The van der Waals surface area contributed by atoms with Gasteiger partial charge < -0.3 is 19.3 Å². The Morgan fingerprint density at radius 3 is 2.22 bits per heavy atom. The van der Waals surface area contributed by atoms with E-state index in [1.54, 1.807) is 26.4 Å². The highest BCUT2D eigenvalue weighted by molar-refractivity contribution is 6.30. The van der Waals surface area contributed by atoms with E-state index in [-0.39, 0.29) is 5.91 Å². The Morgan fingerprint density at radius 2 is 1.63 bits per heavy atom. The van der Waals surface area contributed by atoms with Crippen molar-refractivity contribution in [3.05, 3.63) is 59.1 Å². The van der Waals surface area contributed by atoms with Crippen LogP contribution in [-0.4, -0.2) is 51.2 Å². The van der Waals surface area contributed by atoms with Gasteiger partial charge in [-0.3, -0.25) is 4.79 Å². The van der Waals surface area contributed by atoms with Crippen molar-refractivity contribution in [1.82, 2.24) is 4.90 Å². The third kappa shape index (κ3) is 4.55. The van der Waals surface area contributed by atoms with E-state index < -0.39 is 0 Å². The maximum atomic E-state index is 12.6. The van der Waals surface area contributed by atoms with Gasteiger partial charge in [0.15, 0.2) is 0 Å². The molecule has 0 spiro atoms. The number of piperazine rings is 1. The summed E-state index contributed by atoms with van der Waals surface area (Å²) < 4.78 is 10.7. The van der Waals surface area contributed by atoms with E-state index in [1.807, 2.05) is 47.4 Å². The Hall–Kier alpha value is -2.66. The van der Waals surface area contributed by atoms with Crippen LogP contribution in [0.2, 0.25) is 5.02 Å². The predicted molar refractivity (Wildman–Crippen MR) is 109 cm³/mol. The fourth-order valence-corrected chi connectivity index (χ4v) is 3.35. The summed E-state index contributed by atoms with van der Waals surface area (Å²) in [5.74, 6) is 1.32. The SMILES string of the molecule is COc1cccc(OC)c1/C=C/C(=O)N1CCN(c2cccc(Cl)c2)CC1. The van der Waals surface area contributed by atoms with E-state index in [4.69, 9.17) is 21.1 Å². The second-order valence-corrected chi connectivity index (χ2v) is 6.64. The summed E-state index contributed by atoms with van der Waals surface area (Å²) in [5.41, 5.74) is 1.84. The van der Waals surface area contributed by atoms with Crippen molar-refractivity contribution in [3.8, 4) is 11.5 Å². The average molecular weight is 387 g/mol. The number of carbonyl (C=O) groups excluding carboxylic acids is 1. The number of methoxy groups -OCH3 is 2. The number of carbonyl (C=O) groups is 1. The molecule has 3 rings (SSSR count). The molecule has 27 heavy (non-hydrogen) atoms. The molecule has 142 valence electrons. The smallest absolute Gasteiger partial charge is 0.246 e. The lowest BCUT2D eigenvalue weighted by Crippen LogP contribution is -2.48. The number of hydrogen-bond acceptors (Lipinski definition) is 4. The standard InChI is InChI=1S/C21H23ClN2O3/c1-26-19-7-4-8-20(27-2)18(19)9-10-21(25)24-13-11-23(12-14-24)17-6-3-5-16(22)15-17/h3-10,15H,11-14H2,1-2H3/b10-9+. The zero-order valence-electron chi connectivity index (χ0n) is 15.5. The second-order valence-electron chi connectivity index (χ2n) is 6.20. The van der Waals surface area contributed by atoms with Crippen LogP contribution in [0, 0.1) is 0 Å². The molecule has 0 atom stereocenters. The van der Waals surface area contributed by atoms with Crippen molar-refractivity contribution in [2.24, 2.45) is 0 Å². The molecule has 0 N–H and O–H groups in total. The first kappa shape index (κ1) is 19.1. The first-order valence-corrected chi connectivity index (χ1v) is 9.18. The molecule has 0 bridgehead atoms. The normalized spacial score (nSPS) is 14.5. The van der Waals surface area contributed by atoms with E-state index in [9.17, 15) is 4.79 Å². The molecule has 0 unspecified atom stereocenters. The molecule has 1 aliphatic rings. The Bertz CT molecular complexity index is 808. The first-order valence-electron chi connectivity index (χ1n) is 8.81. The quantitative estimate of drug-likeness (QED) is 0.734. The Kier molecular flexibility index (Phi) is 6.24. The molecule has 1 fully saturated rings. The van der Waals surface area contributed by atoms with Crippen molar-refractivity contribution in [2.75, 3.05) is 45.3 Å². The van der Waals surface area contributed by atoms with Gasteiger partial charge >= 0.3 is 0 Å². The molecule has 0 aliphatic carbocycles. The van der Waals surface area contributed by atoms with E-state index in [1.165, 1.54) is 0 Å². The fourth-order valence-electron chi connectivity index (χ4n) is 3.16. The Balaban J connectivity index is 1.64. The molecule has 1 heterocycles. The Morgan fingerprint density at radius 1 is 1.00 bits per heavy atom. The molecule has 2 aromatic rings. The summed E-state index contributed by atoms with van der Waals surface area (Å²) in [5, 5.41) is 0.722. The molecular formula is C21H23ClN2O3. The van der Waals surface area contributed by atoms with Crippen LogP contribution in [0.25, 0.3) is 6.08 Å². The minimum Gasteiger partial charge on any atom is -0.496 e. The zero-order valence-corrected chi connectivity index (χ0v) is 16.3. The van der Waals surface area contributed by atoms with Crippen molar-refractivity contribution in [3.63, 3.8) is 0 Å². The van der Waals surface area contributed by atoms with Gasteiger partial charge in [-0.2, -0.15) is 0 Å². The van der Waals surface area contributed by atoms with Gasteiger partial charge in [-0.1, -0.05) is 23.7 Å². The third-order valence-corrected chi connectivity index (χ3v) is 4.86. The van der Waals surface area contributed by atoms with Crippen molar-refractivity contribution < 1.29 is 14.3 Å². The lowest BCUT2D eigenvalue weighted by Gasteiger charge is -2.35. The lowest BCUT2D eigenvalue weighted by molar-refractivity contribution is -0.126. The van der Waals surface area contributed by atoms with E-state index in [0.717, 1.165) is 29.4 Å². The van der Waals surface area contributed by atoms with Gasteiger partial charge in [-0.15, -0.1) is 0 Å². The molecule has 0 radical (unpaired) electrons. The number of hydrogen-bond donors (Lipinski definition) is 0. The summed E-state index contributed by atoms with van der Waals surface area (Å²) >= 11 is 6.07. The maximum absolute atomic E-state index is 12.6. The van der Waals surface area contributed by atoms with Gasteiger partial charge in [-0.25, -0.2) is 0 Å². The van der Waals surface area contributed by atoms with Crippen LogP contribution >= 0.6 is 11.6 Å². The summed E-state index contributed by atoms with van der Waals surface area (Å²) in [4.78, 5) is 16.7. The van der Waals surface area contributed by atoms with Crippen molar-refractivity contribution in [1.29, 1.82) is 0 Å². The van der Waals surface area contributed by atoms with Crippen LogP contribution in [0.3, 0.4) is 0 Å². The molecule has 1 saturated heterocycles. The second kappa shape index (κ2) is 8.82. The summed E-state index contributed by atoms with van der Waals surface area (Å²) in [6.45, 7) is 2.88. The number of ether oxygens (including phenoxy) is 2. The highest BCUT2D eigenvalue weighted by atomic mass is 35.5. The molecule has 0 saturated carbocycles. The van der Waals surface area contributed by atoms with Gasteiger partial charge in [0.2, 0.25) is 5.91 Å². The zero-order chi connectivity index (χ0) is 19.2. The number of rotatable bonds is 5. The average Bonchev–Trinajstić information content (AvgIpc) is 2.71. The van der Waals surface area contributed by atoms with E-state index in [2.05, 4.69) is 4.90 Å². The maximum Gasteiger partial charge on any atom is 0.246 e. The van der Waals surface area contributed by atoms with Gasteiger partial charge in [-0.05, 0) is 36.4 Å². The molecule has 6 heteroatoms. The highest BCUT2D eigenvalue weighted by Gasteiger charge is 2.20. The van der Waals surface area contributed by atoms with Crippen LogP contribution in [0.5, 0.6) is 11.5 Å². The van der Waals surface area contributed by atoms with Gasteiger partial charge in [0.1, 0.15) is 11.5 Å². The largest absolute Gasteiger partial charge is 0.496 e. The number of anilines is 1. The first-order chi connectivity index (χ1) is 13.1. The van der Waals surface area contributed by atoms with Crippen molar-refractivity contribution >= 4 is 29.3 Å². The minimum atomic E-state index is -0.0197. The summed E-state index contributed by atoms with van der Waals surface area (Å²) in [6, 6.07) is 13.3. The topological polar surface area (TPSA) is 42.0 Å². The van der Waals surface area contributed by atoms with Crippen LogP contribution < -0.4 is 14.4 Å². The van der Waals surface area contributed by atoms with Gasteiger partial charge in [0, 0.05) is 43.0 Å². The van der Waals surface area contributed by atoms with Crippen molar-refractivity contribution in [2.45, 2.75) is 0 Å². The molecule has 2 aromatic carbocycles. The lowest BCUT2D eigenvalue weighted by atomic mass is 10.1. The summed E-state index contributed by atoms with van der Waals surface area (Å²) in [7, 11) is 3.20. The summed E-state index contributed by atoms with van der Waals surface area (Å²) in [6.07, 6.45) is 3.33. The van der Waals surface area contributed by atoms with Crippen LogP contribution in [0.4, 0.5) is 5.69 Å². The van der Waals surface area contributed by atoms with E-state index >= 15 is 0 Å². The Labute approximate surface area is 164 Å². The number of nitrogens with zero attached hydrogens (tertiary/aromatic N) is 2. The molecule has 1 aliphatic heterocycles. The van der Waals surface area contributed by atoms with Gasteiger partial charge in [0.05, 0.1) is 19.8 Å². The molecule has 0 aromatic heterocycles. The van der Waals surface area contributed by atoms with Crippen LogP contribution in [0.15, 0.2) is 48.5 Å². The number of benzene rings is 2. The fraction of sp³-hybridized carbons (Fsp3) is 0.286.